The molecule has 1 rings (SSSR count). The molecule has 5 heteroatoms. The number of aliphatic hydroxyl groups excluding tert-OH is 1. The summed E-state index contributed by atoms with van der Waals surface area (Å²) in [6.07, 6.45) is 0.847. The highest BCUT2D eigenvalue weighted by atomic mass is 79.9. The second-order valence-corrected chi connectivity index (χ2v) is 4.96. The number of amides is 1. The van der Waals surface area contributed by atoms with Crippen LogP contribution in [-0.4, -0.2) is 35.6 Å². The quantitative estimate of drug-likeness (QED) is 0.906. The highest BCUT2D eigenvalue weighted by molar-refractivity contribution is 9.10. The van der Waals surface area contributed by atoms with Crippen molar-refractivity contribution in [3.05, 3.63) is 33.3 Å². The van der Waals surface area contributed by atoms with Gasteiger partial charge < -0.3 is 10.0 Å². The molecule has 0 aromatic heterocycles. The fourth-order valence-electron chi connectivity index (χ4n) is 1.54. The number of aliphatic hydroxyl groups is 1. The highest BCUT2D eigenvalue weighted by Crippen LogP contribution is 2.22. The van der Waals surface area contributed by atoms with Gasteiger partial charge in [-0.1, -0.05) is 34.5 Å². The summed E-state index contributed by atoms with van der Waals surface area (Å²) < 4.78 is 0.836. The molecule has 1 N–H and O–H groups in total. The van der Waals surface area contributed by atoms with E-state index in [1.54, 1.807) is 23.1 Å². The first-order valence-electron chi connectivity index (χ1n) is 5.45. The Hall–Kier alpha value is -0.580. The molecule has 0 saturated carbocycles. The lowest BCUT2D eigenvalue weighted by atomic mass is 10.2. The third kappa shape index (κ3) is 3.98. The average molecular weight is 321 g/mol. The number of halogens is 2. The maximum Gasteiger partial charge on any atom is 0.255 e. The summed E-state index contributed by atoms with van der Waals surface area (Å²) in [6.45, 7) is 2.89. The zero-order valence-electron chi connectivity index (χ0n) is 9.62. The van der Waals surface area contributed by atoms with Gasteiger partial charge >= 0.3 is 0 Å². The predicted molar refractivity (Wildman–Crippen MR) is 72.4 cm³/mol. The molecule has 0 saturated heterocycles. The van der Waals surface area contributed by atoms with Gasteiger partial charge in [0.25, 0.3) is 5.91 Å². The largest absolute Gasteiger partial charge is 0.395 e. The van der Waals surface area contributed by atoms with E-state index in [1.165, 1.54) is 0 Å². The summed E-state index contributed by atoms with van der Waals surface area (Å²) in [4.78, 5) is 13.8. The van der Waals surface area contributed by atoms with Crippen LogP contribution < -0.4 is 0 Å². The smallest absolute Gasteiger partial charge is 0.255 e. The Balaban J connectivity index is 2.92. The first-order valence-corrected chi connectivity index (χ1v) is 6.62. The number of nitrogens with zero attached hydrogens (tertiary/aromatic N) is 1. The van der Waals surface area contributed by atoms with Crippen molar-refractivity contribution in [1.29, 1.82) is 0 Å². The van der Waals surface area contributed by atoms with Gasteiger partial charge in [0.05, 0.1) is 17.2 Å². The number of carbonyl (C=O) groups is 1. The van der Waals surface area contributed by atoms with Crippen molar-refractivity contribution in [3.63, 3.8) is 0 Å². The molecule has 0 unspecified atom stereocenters. The van der Waals surface area contributed by atoms with Gasteiger partial charge in [0.2, 0.25) is 0 Å². The molecule has 0 aliphatic heterocycles. The van der Waals surface area contributed by atoms with Crippen LogP contribution in [0.4, 0.5) is 0 Å². The van der Waals surface area contributed by atoms with Crippen LogP contribution in [0.5, 0.6) is 0 Å². The molecule has 0 spiro atoms. The summed E-state index contributed by atoms with van der Waals surface area (Å²) >= 11 is 9.32. The zero-order chi connectivity index (χ0) is 12.8. The normalized spacial score (nSPS) is 10.4. The monoisotopic (exact) mass is 319 g/mol. The van der Waals surface area contributed by atoms with E-state index in [0.717, 1.165) is 10.9 Å². The van der Waals surface area contributed by atoms with E-state index < -0.39 is 0 Å². The molecule has 3 nitrogen and oxygen atoms in total. The molecule has 94 valence electrons. The topological polar surface area (TPSA) is 40.5 Å². The van der Waals surface area contributed by atoms with Gasteiger partial charge in [0, 0.05) is 17.6 Å². The summed E-state index contributed by atoms with van der Waals surface area (Å²) in [6, 6.07) is 5.16. The number of hydrogen-bond acceptors (Lipinski definition) is 2. The van der Waals surface area contributed by atoms with E-state index >= 15 is 0 Å². The molecule has 0 fully saturated rings. The second-order valence-electron chi connectivity index (χ2n) is 3.64. The molecule has 0 aliphatic rings. The van der Waals surface area contributed by atoms with E-state index in [9.17, 15) is 4.79 Å². The second kappa shape index (κ2) is 6.99. The van der Waals surface area contributed by atoms with Crippen molar-refractivity contribution >= 4 is 33.4 Å². The summed E-state index contributed by atoms with van der Waals surface area (Å²) in [7, 11) is 0. The maximum atomic E-state index is 12.2. The van der Waals surface area contributed by atoms with Gasteiger partial charge in [0.15, 0.2) is 0 Å². The van der Waals surface area contributed by atoms with Crippen LogP contribution in [0.2, 0.25) is 5.02 Å². The number of rotatable bonds is 5. The molecular weight excluding hydrogens is 305 g/mol. The lowest BCUT2D eigenvalue weighted by Crippen LogP contribution is -2.34. The standard InChI is InChI=1S/C12H15BrClNO2/c1-2-5-15(6-7-16)12(17)10-4-3-9(13)8-11(10)14/h3-4,8,16H,2,5-7H2,1H3. The third-order valence-electron chi connectivity index (χ3n) is 2.31. The minimum Gasteiger partial charge on any atom is -0.395 e. The molecule has 1 amide bonds. The predicted octanol–water partition coefficient (Wildman–Crippen LogP) is 2.95. The van der Waals surface area contributed by atoms with Gasteiger partial charge in [0.1, 0.15) is 0 Å². The van der Waals surface area contributed by atoms with Gasteiger partial charge in [-0.15, -0.1) is 0 Å². The van der Waals surface area contributed by atoms with Crippen LogP contribution in [0.25, 0.3) is 0 Å². The Morgan fingerprint density at radius 1 is 1.47 bits per heavy atom. The van der Waals surface area contributed by atoms with Crippen LogP contribution in [-0.2, 0) is 0 Å². The molecule has 0 bridgehead atoms. The first-order chi connectivity index (χ1) is 8.10. The van der Waals surface area contributed by atoms with Crippen molar-refractivity contribution in [3.8, 4) is 0 Å². The SMILES string of the molecule is CCCN(CCO)C(=O)c1ccc(Br)cc1Cl. The molecule has 0 heterocycles. The van der Waals surface area contributed by atoms with Crippen LogP contribution in [0.15, 0.2) is 22.7 Å². The highest BCUT2D eigenvalue weighted by Gasteiger charge is 2.17. The maximum absolute atomic E-state index is 12.2. The number of benzene rings is 1. The molecule has 0 atom stereocenters. The van der Waals surface area contributed by atoms with Crippen LogP contribution in [0.1, 0.15) is 23.7 Å². The van der Waals surface area contributed by atoms with E-state index in [4.69, 9.17) is 16.7 Å². The van der Waals surface area contributed by atoms with Crippen LogP contribution in [0.3, 0.4) is 0 Å². The minimum atomic E-state index is -0.140. The van der Waals surface area contributed by atoms with E-state index in [0.29, 0.717) is 23.7 Å². The van der Waals surface area contributed by atoms with Gasteiger partial charge in [-0.2, -0.15) is 0 Å². The van der Waals surface area contributed by atoms with Gasteiger partial charge in [-0.05, 0) is 24.6 Å². The van der Waals surface area contributed by atoms with Crippen LogP contribution in [0, 0.1) is 0 Å². The van der Waals surface area contributed by atoms with Crippen molar-refractivity contribution < 1.29 is 9.90 Å². The molecule has 1 aromatic rings. The van der Waals surface area contributed by atoms with Crippen molar-refractivity contribution in [1.82, 2.24) is 4.90 Å². The van der Waals surface area contributed by atoms with Crippen molar-refractivity contribution in [2.45, 2.75) is 13.3 Å². The van der Waals surface area contributed by atoms with Crippen molar-refractivity contribution in [2.24, 2.45) is 0 Å². The first kappa shape index (κ1) is 14.5. The Bertz CT molecular complexity index is 392. The van der Waals surface area contributed by atoms with Gasteiger partial charge in [-0.3, -0.25) is 4.79 Å². The zero-order valence-corrected chi connectivity index (χ0v) is 12.0. The number of hydrogen-bond donors (Lipinski definition) is 1. The molecule has 17 heavy (non-hydrogen) atoms. The van der Waals surface area contributed by atoms with E-state index in [-0.39, 0.29) is 12.5 Å². The van der Waals surface area contributed by atoms with E-state index in [2.05, 4.69) is 15.9 Å². The summed E-state index contributed by atoms with van der Waals surface area (Å²) in [5, 5.41) is 9.36. The Kier molecular flexibility index (Phi) is 5.95. The Morgan fingerprint density at radius 3 is 2.71 bits per heavy atom. The Labute approximate surface area is 115 Å². The van der Waals surface area contributed by atoms with Crippen molar-refractivity contribution in [2.75, 3.05) is 19.7 Å². The Morgan fingerprint density at radius 2 is 2.18 bits per heavy atom. The lowest BCUT2D eigenvalue weighted by Gasteiger charge is -2.21. The fraction of sp³-hybridized carbons (Fsp3) is 0.417. The van der Waals surface area contributed by atoms with Crippen LogP contribution >= 0.6 is 27.5 Å². The minimum absolute atomic E-state index is 0.0418. The third-order valence-corrected chi connectivity index (χ3v) is 3.12. The average Bonchev–Trinajstić information content (AvgIpc) is 2.28. The molecule has 1 aromatic carbocycles. The summed E-state index contributed by atoms with van der Waals surface area (Å²) in [5.41, 5.74) is 0.469. The summed E-state index contributed by atoms with van der Waals surface area (Å²) in [5.74, 6) is -0.140. The van der Waals surface area contributed by atoms with E-state index in [1.807, 2.05) is 6.92 Å². The molecule has 0 radical (unpaired) electrons. The number of carbonyl (C=O) groups excluding carboxylic acids is 1. The molecular formula is C12H15BrClNO2. The molecule has 0 aliphatic carbocycles. The van der Waals surface area contributed by atoms with Gasteiger partial charge in [-0.25, -0.2) is 0 Å². The fourth-order valence-corrected chi connectivity index (χ4v) is 2.29. The lowest BCUT2D eigenvalue weighted by molar-refractivity contribution is 0.0722.